The first-order valence-corrected chi connectivity index (χ1v) is 29.6. The molecule has 79 heavy (non-hydrogen) atoms. The fourth-order valence-electron chi connectivity index (χ4n) is 11.8. The summed E-state index contributed by atoms with van der Waals surface area (Å²) in [6.45, 7) is 17.0. The molecule has 7 fully saturated rings. The van der Waals surface area contributed by atoms with Crippen molar-refractivity contribution in [3.63, 3.8) is 0 Å². The Morgan fingerprint density at radius 1 is 0.633 bits per heavy atom. The first kappa shape index (κ1) is 53.5. The quantitative estimate of drug-likeness (QED) is 0.0265. The standard InChI is InChI=1S/C29H37N9O2S.C26H33N9O2S/c1-14-20(26-35-22-19(41-26)10-11-31-21(22)16-8-9-16)25(36-27(33-14)32-13-15-6-7-15)34-18-12-17(28(2,3)37-38-30)23-24(18)40-29(4,5)39-23;1-12-18(24-32-20-17(38-24)8-9-28-19(20)14-6-7-14)23(33-25(30-12)29-11-13-4-5-13)31-16-10-15(21(36)22(16)37)26(2,3)34-35-27/h10-11,15-18,23-24H,6-9,12-13H2,1-5H3,(H2,32,33,34,36);8-9,13-16,21-22,36-37H,4-7,10-11H2,1-3H3,(H2,29,30,31,33)/t17-,18+,23+,24-;15-,16+,21+,22-/m00/s1. The van der Waals surface area contributed by atoms with E-state index in [1.807, 2.05) is 66.1 Å². The number of nitrogens with zero attached hydrogens (tertiary/aromatic N) is 14. The lowest BCUT2D eigenvalue weighted by atomic mass is 9.85. The zero-order valence-corrected chi connectivity index (χ0v) is 47.6. The number of aliphatic hydroxyl groups is 2. The molecule has 0 spiro atoms. The minimum absolute atomic E-state index is 0.0313. The number of nitrogens with one attached hydrogen (secondary N) is 4. The molecule has 0 radical (unpaired) electrons. The largest absolute Gasteiger partial charge is 0.390 e. The molecule has 7 heterocycles. The highest BCUT2D eigenvalue weighted by atomic mass is 32.1. The Bertz CT molecular complexity index is 3390. The highest BCUT2D eigenvalue weighted by Crippen LogP contribution is 2.50. The van der Waals surface area contributed by atoms with Crippen molar-refractivity contribution >= 4 is 66.6 Å². The fraction of sp³-hybridized carbons (Fsp3) is 0.636. The number of anilines is 4. The number of fused-ring (bicyclic) bond motifs is 3. The van der Waals surface area contributed by atoms with Crippen LogP contribution in [0.15, 0.2) is 34.8 Å². The fourth-order valence-corrected chi connectivity index (χ4v) is 14.0. The van der Waals surface area contributed by atoms with Gasteiger partial charge in [-0.3, -0.25) is 9.97 Å². The van der Waals surface area contributed by atoms with Crippen LogP contribution in [0.4, 0.5) is 23.5 Å². The average molecular weight is 1110 g/mol. The number of aromatic nitrogens is 8. The number of aryl methyl sites for hydroxylation is 2. The molecule has 0 bridgehead atoms. The van der Waals surface area contributed by atoms with Crippen molar-refractivity contribution in [2.45, 2.75) is 185 Å². The SMILES string of the molecule is Cc1nc(NCC2CC2)nc(N[C@@H]2C[C@H](C(C)(C)N=[N+]=[N-])[C@@H](O)[C@H]2O)c1-c1nc2c(C3CC3)nccc2s1.Cc1nc(NCC2CC2)nc(N[C@@H]2C[C@H](C(C)(C)N=[N+]=[N-])[C@H]3OC(C)(C)O[C@H]32)c1-c1nc2c(C3CC3)nccc2s1. The van der Waals surface area contributed by atoms with Crippen molar-refractivity contribution in [1.29, 1.82) is 0 Å². The number of pyridine rings is 2. The maximum Gasteiger partial charge on any atom is 0.224 e. The van der Waals surface area contributed by atoms with Gasteiger partial charge >= 0.3 is 0 Å². The summed E-state index contributed by atoms with van der Waals surface area (Å²) in [5.41, 5.74) is 24.2. The summed E-state index contributed by atoms with van der Waals surface area (Å²) < 4.78 is 15.0. The minimum Gasteiger partial charge on any atom is -0.390 e. The lowest BCUT2D eigenvalue weighted by molar-refractivity contribution is -0.159. The Kier molecular flexibility index (Phi) is 14.1. The molecule has 0 aromatic carbocycles. The molecule has 13 rings (SSSR count). The molecular weight excluding hydrogens is 1040 g/mol. The van der Waals surface area contributed by atoms with Crippen LogP contribution in [0, 0.1) is 37.5 Å². The van der Waals surface area contributed by atoms with E-state index in [1.54, 1.807) is 36.5 Å². The van der Waals surface area contributed by atoms with Crippen LogP contribution in [0.5, 0.6) is 0 Å². The third-order valence-corrected chi connectivity index (χ3v) is 19.0. The van der Waals surface area contributed by atoms with Crippen molar-refractivity contribution < 1.29 is 19.7 Å². The number of hydrogen-bond acceptors (Lipinski definition) is 20. The number of hydrogen-bond donors (Lipinski definition) is 6. The van der Waals surface area contributed by atoms with Crippen LogP contribution in [-0.2, 0) is 9.47 Å². The van der Waals surface area contributed by atoms with Crippen LogP contribution in [0.25, 0.3) is 62.5 Å². The normalized spacial score (nSPS) is 26.3. The van der Waals surface area contributed by atoms with Gasteiger partial charge in [-0.15, -0.1) is 22.7 Å². The van der Waals surface area contributed by atoms with Gasteiger partial charge in [0.1, 0.15) is 44.9 Å². The van der Waals surface area contributed by atoms with E-state index in [0.29, 0.717) is 54.2 Å². The Morgan fingerprint density at radius 2 is 1.09 bits per heavy atom. The molecule has 1 aliphatic heterocycles. The third kappa shape index (κ3) is 11.1. The van der Waals surface area contributed by atoms with E-state index in [-0.39, 0.29) is 24.2 Å². The average Bonchev–Trinajstić information content (AvgIpc) is 4.45. The van der Waals surface area contributed by atoms with Crippen molar-refractivity contribution in [3.05, 3.63) is 68.2 Å². The summed E-state index contributed by atoms with van der Waals surface area (Å²) in [7, 11) is 0. The Hall–Kier alpha value is -6.10. The Balaban J connectivity index is 0.000000158. The molecule has 22 nitrogen and oxygen atoms in total. The molecule has 24 heteroatoms. The predicted molar refractivity (Wildman–Crippen MR) is 306 cm³/mol. The molecule has 416 valence electrons. The zero-order valence-electron chi connectivity index (χ0n) is 46.0. The summed E-state index contributed by atoms with van der Waals surface area (Å²) in [4.78, 5) is 45.0. The van der Waals surface area contributed by atoms with Crippen LogP contribution in [0.1, 0.15) is 140 Å². The van der Waals surface area contributed by atoms with Gasteiger partial charge in [0.25, 0.3) is 0 Å². The van der Waals surface area contributed by atoms with Gasteiger partial charge in [-0.05, 0) is 127 Å². The number of thiazole rings is 2. The predicted octanol–water partition coefficient (Wildman–Crippen LogP) is 11.3. The van der Waals surface area contributed by atoms with Crippen LogP contribution in [0.2, 0.25) is 0 Å². The van der Waals surface area contributed by atoms with Crippen LogP contribution < -0.4 is 21.3 Å². The monoisotopic (exact) mass is 1110 g/mol. The summed E-state index contributed by atoms with van der Waals surface area (Å²) >= 11 is 3.24. The molecule has 7 aliphatic rings. The summed E-state index contributed by atoms with van der Waals surface area (Å²) in [5, 5.41) is 45.6. The Morgan fingerprint density at radius 3 is 1.56 bits per heavy atom. The van der Waals surface area contributed by atoms with E-state index in [9.17, 15) is 15.7 Å². The van der Waals surface area contributed by atoms with E-state index in [1.165, 1.54) is 38.5 Å². The second-order valence-corrected chi connectivity index (χ2v) is 26.5. The first-order valence-electron chi connectivity index (χ1n) is 28.0. The van der Waals surface area contributed by atoms with Crippen molar-refractivity contribution in [1.82, 2.24) is 39.9 Å². The van der Waals surface area contributed by atoms with Gasteiger partial charge in [0.15, 0.2) is 5.79 Å². The van der Waals surface area contributed by atoms with E-state index < -0.39 is 41.0 Å². The topological polar surface area (TPSA) is 308 Å². The molecule has 6 N–H and O–H groups in total. The summed E-state index contributed by atoms with van der Waals surface area (Å²) in [6, 6.07) is 3.44. The molecule has 0 unspecified atom stereocenters. The maximum atomic E-state index is 11.0. The van der Waals surface area contributed by atoms with Crippen LogP contribution in [-0.4, -0.2) is 117 Å². The molecule has 6 aromatic heterocycles. The zero-order chi connectivity index (χ0) is 55.1. The van der Waals surface area contributed by atoms with Crippen molar-refractivity contribution in [2.24, 2.45) is 33.9 Å². The molecule has 6 aliphatic carbocycles. The van der Waals surface area contributed by atoms with E-state index in [4.69, 9.17) is 44.9 Å². The minimum atomic E-state index is -1.06. The number of aliphatic hydroxyl groups excluding tert-OH is 2. The lowest BCUT2D eigenvalue weighted by Gasteiger charge is -2.31. The van der Waals surface area contributed by atoms with Gasteiger partial charge in [-0.1, -0.05) is 37.9 Å². The molecule has 0 amide bonds. The number of rotatable bonds is 18. The van der Waals surface area contributed by atoms with Gasteiger partial charge in [-0.2, -0.15) is 9.97 Å². The highest BCUT2D eigenvalue weighted by Gasteiger charge is 2.58. The van der Waals surface area contributed by atoms with Gasteiger partial charge in [0.2, 0.25) is 11.9 Å². The van der Waals surface area contributed by atoms with Gasteiger partial charge in [0.05, 0.1) is 67.6 Å². The molecular formula is C55H70N18O4S2. The van der Waals surface area contributed by atoms with Gasteiger partial charge < -0.3 is 41.0 Å². The van der Waals surface area contributed by atoms with E-state index >= 15 is 0 Å². The molecule has 6 saturated carbocycles. The molecule has 8 atom stereocenters. The highest BCUT2D eigenvalue weighted by molar-refractivity contribution is 7.22. The second-order valence-electron chi connectivity index (χ2n) is 24.5. The maximum absolute atomic E-state index is 11.0. The Labute approximate surface area is 466 Å². The van der Waals surface area contributed by atoms with Crippen molar-refractivity contribution in [2.75, 3.05) is 34.4 Å². The first-order chi connectivity index (χ1) is 37.9. The third-order valence-electron chi connectivity index (χ3n) is 16.9. The second kappa shape index (κ2) is 20.8. The van der Waals surface area contributed by atoms with Crippen molar-refractivity contribution in [3.8, 4) is 21.1 Å². The molecule has 6 aromatic rings. The van der Waals surface area contributed by atoms with Crippen LogP contribution >= 0.6 is 22.7 Å². The number of ether oxygens (including phenoxy) is 2. The van der Waals surface area contributed by atoms with E-state index in [2.05, 4.69) is 51.3 Å². The smallest absolute Gasteiger partial charge is 0.224 e. The lowest BCUT2D eigenvalue weighted by Crippen LogP contribution is -2.39. The number of azide groups is 2. The van der Waals surface area contributed by atoms with E-state index in [0.717, 1.165) is 96.1 Å². The summed E-state index contributed by atoms with van der Waals surface area (Å²) in [5.74, 6) is 3.59. The van der Waals surface area contributed by atoms with Gasteiger partial charge in [-0.25, -0.2) is 19.9 Å². The summed E-state index contributed by atoms with van der Waals surface area (Å²) in [6.07, 6.45) is 11.9. The van der Waals surface area contributed by atoms with Crippen LogP contribution in [0.3, 0.4) is 0 Å². The molecule has 1 saturated heterocycles. The van der Waals surface area contributed by atoms with Gasteiger partial charge in [0, 0.05) is 70.1 Å².